The van der Waals surface area contributed by atoms with Crippen molar-refractivity contribution in [1.29, 1.82) is 0 Å². The lowest BCUT2D eigenvalue weighted by Gasteiger charge is -2.21. The van der Waals surface area contributed by atoms with Gasteiger partial charge >= 0.3 is 0 Å². The van der Waals surface area contributed by atoms with Gasteiger partial charge in [-0.05, 0) is 49.0 Å². The van der Waals surface area contributed by atoms with E-state index in [4.69, 9.17) is 4.99 Å². The van der Waals surface area contributed by atoms with Crippen LogP contribution >= 0.6 is 0 Å². The highest BCUT2D eigenvalue weighted by Gasteiger charge is 2.43. The first-order valence-corrected chi connectivity index (χ1v) is 8.13. The Bertz CT molecular complexity index is 448. The molecule has 1 aliphatic rings. The fourth-order valence-electron chi connectivity index (χ4n) is 2.53. The van der Waals surface area contributed by atoms with E-state index < -0.39 is 0 Å². The highest BCUT2D eigenvalue weighted by molar-refractivity contribution is 6.36. The van der Waals surface area contributed by atoms with Gasteiger partial charge in [-0.1, -0.05) is 46.3 Å². The normalized spacial score (nSPS) is 27.1. The second kappa shape index (κ2) is 7.20. The molecule has 0 N–H and O–H groups in total. The van der Waals surface area contributed by atoms with Crippen LogP contribution in [-0.2, 0) is 4.79 Å². The summed E-state index contributed by atoms with van der Waals surface area (Å²) in [6.45, 7) is 16.9. The van der Waals surface area contributed by atoms with Gasteiger partial charge in [-0.3, -0.25) is 9.79 Å². The van der Waals surface area contributed by atoms with E-state index in [1.165, 1.54) is 5.57 Å². The second-order valence-electron chi connectivity index (χ2n) is 7.15. The minimum absolute atomic E-state index is 0.0907. The molecule has 1 saturated carbocycles. The predicted octanol–water partition coefficient (Wildman–Crippen LogP) is 5.00. The Hall–Kier alpha value is -1.18. The number of nitrogens with zero attached hydrogens (tertiary/aromatic N) is 1. The Kier molecular flexibility index (Phi) is 6.12. The summed E-state index contributed by atoms with van der Waals surface area (Å²) in [6.07, 6.45) is 5.80. The molecule has 118 valence electrons. The van der Waals surface area contributed by atoms with E-state index in [-0.39, 0.29) is 5.41 Å². The molecule has 0 heterocycles. The number of carbonyl (C=O) groups excluding carboxylic acids is 1. The zero-order valence-corrected chi connectivity index (χ0v) is 14.6. The standard InChI is InChI=1S/C19H31NO/c1-8-13(3)16(10-11-19(6,7)9-2)17(12-21)20-18-14(4)15(18)5/h9,12,14-15,18H,2,8,10-11H2,1,3-7H3/b16-13+,20-17?. The number of hydrogen-bond acceptors (Lipinski definition) is 2. The second-order valence-corrected chi connectivity index (χ2v) is 7.15. The molecule has 0 bridgehead atoms. The summed E-state index contributed by atoms with van der Waals surface area (Å²) < 4.78 is 0. The Morgan fingerprint density at radius 1 is 1.29 bits per heavy atom. The predicted molar refractivity (Wildman–Crippen MR) is 91.8 cm³/mol. The number of rotatable bonds is 8. The van der Waals surface area contributed by atoms with Crippen LogP contribution in [0.4, 0.5) is 0 Å². The van der Waals surface area contributed by atoms with Gasteiger partial charge in [-0.15, -0.1) is 6.58 Å². The van der Waals surface area contributed by atoms with Crippen molar-refractivity contribution in [2.45, 2.75) is 66.8 Å². The topological polar surface area (TPSA) is 29.4 Å². The quantitative estimate of drug-likeness (QED) is 0.351. The molecule has 0 aliphatic heterocycles. The summed E-state index contributed by atoms with van der Waals surface area (Å²) in [4.78, 5) is 16.3. The summed E-state index contributed by atoms with van der Waals surface area (Å²) in [5.74, 6) is 1.21. The number of carbonyl (C=O) groups is 1. The van der Waals surface area contributed by atoms with Crippen molar-refractivity contribution in [3.05, 3.63) is 23.8 Å². The molecule has 2 heteroatoms. The minimum atomic E-state index is 0.0907. The number of aliphatic imine (C=N–C) groups is 1. The van der Waals surface area contributed by atoms with Gasteiger partial charge in [0, 0.05) is 0 Å². The third kappa shape index (κ3) is 4.66. The van der Waals surface area contributed by atoms with Crippen LogP contribution < -0.4 is 0 Å². The largest absolute Gasteiger partial charge is 0.296 e. The number of aldehydes is 1. The van der Waals surface area contributed by atoms with Gasteiger partial charge in [-0.2, -0.15) is 0 Å². The highest BCUT2D eigenvalue weighted by atomic mass is 16.1. The van der Waals surface area contributed by atoms with E-state index in [1.807, 2.05) is 6.08 Å². The van der Waals surface area contributed by atoms with Crippen molar-refractivity contribution in [3.8, 4) is 0 Å². The van der Waals surface area contributed by atoms with Crippen molar-refractivity contribution in [2.75, 3.05) is 0 Å². The van der Waals surface area contributed by atoms with Crippen molar-refractivity contribution in [3.63, 3.8) is 0 Å². The lowest BCUT2D eigenvalue weighted by Crippen LogP contribution is -2.13. The molecule has 1 aliphatic carbocycles. The molecule has 1 rings (SSSR count). The average molecular weight is 289 g/mol. The van der Waals surface area contributed by atoms with Crippen LogP contribution in [0, 0.1) is 17.3 Å². The van der Waals surface area contributed by atoms with Crippen LogP contribution in [0.1, 0.15) is 60.8 Å². The van der Waals surface area contributed by atoms with Crippen LogP contribution in [0.2, 0.25) is 0 Å². The summed E-state index contributed by atoms with van der Waals surface area (Å²) in [5, 5.41) is 0. The van der Waals surface area contributed by atoms with Crippen LogP contribution in [0.3, 0.4) is 0 Å². The van der Waals surface area contributed by atoms with E-state index in [0.717, 1.165) is 31.1 Å². The zero-order chi connectivity index (χ0) is 16.2. The molecule has 0 aromatic rings. The molecular formula is C19H31NO. The van der Waals surface area contributed by atoms with Crippen molar-refractivity contribution in [2.24, 2.45) is 22.2 Å². The Morgan fingerprint density at radius 2 is 1.86 bits per heavy atom. The van der Waals surface area contributed by atoms with Gasteiger partial charge in [0.2, 0.25) is 0 Å². The molecule has 0 aromatic carbocycles. The van der Waals surface area contributed by atoms with Crippen LogP contribution in [0.15, 0.2) is 28.8 Å². The van der Waals surface area contributed by atoms with Crippen LogP contribution in [0.5, 0.6) is 0 Å². The number of allylic oxidation sites excluding steroid dienone is 3. The first kappa shape index (κ1) is 17.9. The molecule has 0 aromatic heterocycles. The van der Waals surface area contributed by atoms with Gasteiger partial charge in [0.25, 0.3) is 0 Å². The molecule has 0 radical (unpaired) electrons. The van der Waals surface area contributed by atoms with E-state index >= 15 is 0 Å². The minimum Gasteiger partial charge on any atom is -0.296 e. The Labute approximate surface area is 130 Å². The molecule has 0 saturated heterocycles. The van der Waals surface area contributed by atoms with Crippen molar-refractivity contribution >= 4 is 12.0 Å². The van der Waals surface area contributed by atoms with Gasteiger partial charge in [0.15, 0.2) is 6.29 Å². The van der Waals surface area contributed by atoms with Crippen molar-refractivity contribution in [1.82, 2.24) is 0 Å². The number of hydrogen-bond donors (Lipinski definition) is 0. The fourth-order valence-corrected chi connectivity index (χ4v) is 2.53. The van der Waals surface area contributed by atoms with Gasteiger partial charge in [0.1, 0.15) is 5.71 Å². The first-order valence-electron chi connectivity index (χ1n) is 8.13. The summed E-state index contributed by atoms with van der Waals surface area (Å²) in [6, 6.07) is 0.331. The third-order valence-corrected chi connectivity index (χ3v) is 5.09. The van der Waals surface area contributed by atoms with Gasteiger partial charge in [-0.25, -0.2) is 0 Å². The monoisotopic (exact) mass is 289 g/mol. The molecular weight excluding hydrogens is 258 g/mol. The maximum atomic E-state index is 11.6. The molecule has 0 spiro atoms. The van der Waals surface area contributed by atoms with E-state index in [1.54, 1.807) is 0 Å². The smallest absolute Gasteiger partial charge is 0.168 e. The summed E-state index contributed by atoms with van der Waals surface area (Å²) in [7, 11) is 0. The molecule has 2 unspecified atom stereocenters. The molecule has 1 fully saturated rings. The van der Waals surface area contributed by atoms with Gasteiger partial charge in [0.05, 0.1) is 6.04 Å². The molecule has 2 atom stereocenters. The summed E-state index contributed by atoms with van der Waals surface area (Å²) >= 11 is 0. The third-order valence-electron chi connectivity index (χ3n) is 5.09. The Morgan fingerprint density at radius 3 is 2.24 bits per heavy atom. The fraction of sp³-hybridized carbons (Fsp3) is 0.684. The van der Waals surface area contributed by atoms with E-state index in [9.17, 15) is 4.79 Å². The summed E-state index contributed by atoms with van der Waals surface area (Å²) in [5.41, 5.74) is 3.19. The SMILES string of the molecule is C=CC(C)(C)CC/C(C(C=O)=NC1C(C)C1C)=C(/C)CC. The highest BCUT2D eigenvalue weighted by Crippen LogP contribution is 2.41. The lowest BCUT2D eigenvalue weighted by atomic mass is 9.84. The Balaban J connectivity index is 2.97. The first-order chi connectivity index (χ1) is 9.77. The van der Waals surface area contributed by atoms with Crippen LogP contribution in [-0.4, -0.2) is 18.0 Å². The van der Waals surface area contributed by atoms with Crippen molar-refractivity contribution < 1.29 is 4.79 Å². The lowest BCUT2D eigenvalue weighted by molar-refractivity contribution is -0.102. The maximum Gasteiger partial charge on any atom is 0.168 e. The van der Waals surface area contributed by atoms with E-state index in [0.29, 0.717) is 23.6 Å². The van der Waals surface area contributed by atoms with Gasteiger partial charge < -0.3 is 0 Å². The van der Waals surface area contributed by atoms with Crippen LogP contribution in [0.25, 0.3) is 0 Å². The molecule has 2 nitrogen and oxygen atoms in total. The maximum absolute atomic E-state index is 11.6. The molecule has 21 heavy (non-hydrogen) atoms. The zero-order valence-electron chi connectivity index (χ0n) is 14.6. The average Bonchev–Trinajstić information content (AvgIpc) is 3.03. The molecule has 0 amide bonds. The van der Waals surface area contributed by atoms with E-state index in [2.05, 4.69) is 48.1 Å².